The van der Waals surface area contributed by atoms with Crippen LogP contribution in [0.4, 0.5) is 0 Å². The maximum absolute atomic E-state index is 5.43. The maximum Gasteiger partial charge on any atom is 0.238 e. The first-order chi connectivity index (χ1) is 35.0. The van der Waals surface area contributed by atoms with E-state index in [-0.39, 0.29) is 5.41 Å². The van der Waals surface area contributed by atoms with E-state index < -0.39 is 0 Å². The normalized spacial score (nSPS) is 13.0. The molecule has 5 heteroatoms. The van der Waals surface area contributed by atoms with Crippen LogP contribution in [0.5, 0.6) is 0 Å². The molecule has 0 bridgehead atoms. The molecule has 0 radical (unpaired) electrons. The van der Waals surface area contributed by atoms with Crippen LogP contribution in [0.1, 0.15) is 25.0 Å². The van der Waals surface area contributed by atoms with Crippen molar-refractivity contribution in [2.45, 2.75) is 19.3 Å². The van der Waals surface area contributed by atoms with Gasteiger partial charge >= 0.3 is 0 Å². The Bertz CT molecular complexity index is 4520. The lowest BCUT2D eigenvalue weighted by molar-refractivity contribution is 0.660. The van der Waals surface area contributed by atoms with Crippen LogP contribution >= 0.6 is 0 Å². The van der Waals surface area contributed by atoms with Gasteiger partial charge in [-0.15, -0.1) is 0 Å². The van der Waals surface area contributed by atoms with E-state index in [2.05, 4.69) is 229 Å². The molecule has 15 rings (SSSR count). The zero-order valence-corrected chi connectivity index (χ0v) is 39.1. The molecule has 5 nitrogen and oxygen atoms in total. The van der Waals surface area contributed by atoms with Crippen molar-refractivity contribution in [3.63, 3.8) is 0 Å². The van der Waals surface area contributed by atoms with Gasteiger partial charge in [-0.1, -0.05) is 190 Å². The number of hydrogen-bond acceptors (Lipinski definition) is 3. The van der Waals surface area contributed by atoms with Gasteiger partial charge < -0.3 is 4.57 Å². The monoisotopic (exact) mass is 905 g/mol. The average molecular weight is 906 g/mol. The van der Waals surface area contributed by atoms with Crippen LogP contribution < -0.4 is 0 Å². The highest BCUT2D eigenvalue weighted by atomic mass is 15.2. The first kappa shape index (κ1) is 39.8. The molecule has 0 atom stereocenters. The summed E-state index contributed by atoms with van der Waals surface area (Å²) < 4.78 is 4.67. The van der Waals surface area contributed by atoms with Gasteiger partial charge in [0.25, 0.3) is 0 Å². The lowest BCUT2D eigenvalue weighted by Crippen LogP contribution is -2.14. The van der Waals surface area contributed by atoms with Crippen LogP contribution in [0, 0.1) is 0 Å². The number of rotatable bonds is 5. The Morgan fingerprint density at radius 1 is 0.296 bits per heavy atom. The van der Waals surface area contributed by atoms with E-state index in [1.807, 2.05) is 18.2 Å². The van der Waals surface area contributed by atoms with Crippen LogP contribution in [0.2, 0.25) is 0 Å². The molecule has 0 aliphatic heterocycles. The number of para-hydroxylation sites is 2. The summed E-state index contributed by atoms with van der Waals surface area (Å²) in [6, 6.07) is 81.5. The molecule has 0 fully saturated rings. The first-order valence-electron chi connectivity index (χ1n) is 24.4. The fraction of sp³-hybridized carbons (Fsp3) is 0.0455. The second kappa shape index (κ2) is 14.9. The average Bonchev–Trinajstić information content (AvgIpc) is 4.02. The lowest BCUT2D eigenvalue weighted by Gasteiger charge is -2.21. The summed E-state index contributed by atoms with van der Waals surface area (Å²) in [5.74, 6) is 1.83. The third-order valence-electron chi connectivity index (χ3n) is 15.3. The van der Waals surface area contributed by atoms with Crippen molar-refractivity contribution in [2.24, 2.45) is 0 Å². The number of aromatic nitrogens is 5. The van der Waals surface area contributed by atoms with Gasteiger partial charge in [0.05, 0.1) is 22.1 Å². The van der Waals surface area contributed by atoms with E-state index in [1.54, 1.807) is 0 Å². The van der Waals surface area contributed by atoms with E-state index in [1.165, 1.54) is 70.9 Å². The minimum absolute atomic E-state index is 0.108. The molecular formula is C66H43N5. The van der Waals surface area contributed by atoms with Crippen LogP contribution in [0.15, 0.2) is 224 Å². The summed E-state index contributed by atoms with van der Waals surface area (Å²) in [7, 11) is 0. The summed E-state index contributed by atoms with van der Waals surface area (Å²) in [6.07, 6.45) is 0. The Balaban J connectivity index is 0.947. The van der Waals surface area contributed by atoms with Gasteiger partial charge in [-0.2, -0.15) is 9.97 Å². The largest absolute Gasteiger partial charge is 0.309 e. The highest BCUT2D eigenvalue weighted by molar-refractivity contribution is 6.26. The van der Waals surface area contributed by atoms with Crippen molar-refractivity contribution in [3.05, 3.63) is 236 Å². The smallest absolute Gasteiger partial charge is 0.238 e. The van der Waals surface area contributed by atoms with Gasteiger partial charge in [-0.3, -0.25) is 4.57 Å². The molecule has 11 aromatic carbocycles. The van der Waals surface area contributed by atoms with Gasteiger partial charge in [0.2, 0.25) is 5.95 Å². The van der Waals surface area contributed by atoms with Crippen molar-refractivity contribution >= 4 is 75.9 Å². The predicted molar refractivity (Wildman–Crippen MR) is 295 cm³/mol. The molecule has 332 valence electrons. The second-order valence-electron chi connectivity index (χ2n) is 19.6. The van der Waals surface area contributed by atoms with Gasteiger partial charge in [-0.05, 0) is 114 Å². The Morgan fingerprint density at radius 2 is 0.817 bits per heavy atom. The van der Waals surface area contributed by atoms with Gasteiger partial charge in [0.1, 0.15) is 0 Å². The van der Waals surface area contributed by atoms with Gasteiger partial charge in [0, 0.05) is 43.8 Å². The SMILES string of the molecule is CC1(C)c2ccccc2-c2cc(-c3nc(-c4ccccc4)nc(-n4c5ccccc5c5cc6c7ccccc7n(-c7cccc(-c8ccc9c%10ccccc%10c%10ccccc%10c9c8)c7)c6cc54)n3)ccc21. The number of benzene rings is 11. The third-order valence-corrected chi connectivity index (χ3v) is 15.3. The standard InChI is InChI=1S/C66H43N5/c1-66(2)57-28-13-10-25-50(57)54-37-43(32-34-58(54)66)64-67-63(40-17-4-3-5-18-40)68-65(69-64)71-60-30-15-12-27-52(60)56-38-55-51-26-11-14-29-59(51)70(61(55)39-62(56)71)44-20-16-19-41(35-44)42-31-33-49-47-23-7-6-21-45(47)46-22-8-9-24-48(46)53(49)36-42/h3-39H,1-2H3. The Hall–Kier alpha value is -9.19. The van der Waals surface area contributed by atoms with E-state index in [0.29, 0.717) is 17.6 Å². The molecule has 1 aliphatic carbocycles. The Labute approximate surface area is 409 Å². The third kappa shape index (κ3) is 5.84. The predicted octanol–water partition coefficient (Wildman–Crippen LogP) is 16.8. The first-order valence-corrected chi connectivity index (χ1v) is 24.4. The van der Waals surface area contributed by atoms with Crippen LogP contribution in [0.25, 0.3) is 133 Å². The van der Waals surface area contributed by atoms with Crippen LogP contribution in [-0.2, 0) is 5.41 Å². The Kier molecular flexibility index (Phi) is 8.35. The van der Waals surface area contributed by atoms with Crippen LogP contribution in [-0.4, -0.2) is 24.1 Å². The highest BCUT2D eigenvalue weighted by Crippen LogP contribution is 2.50. The minimum atomic E-state index is -0.108. The van der Waals surface area contributed by atoms with Crippen molar-refractivity contribution in [3.8, 4) is 56.7 Å². The Morgan fingerprint density at radius 3 is 1.54 bits per heavy atom. The van der Waals surface area contributed by atoms with E-state index >= 15 is 0 Å². The molecular weight excluding hydrogens is 863 g/mol. The minimum Gasteiger partial charge on any atom is -0.309 e. The van der Waals surface area contributed by atoms with E-state index in [4.69, 9.17) is 15.0 Å². The summed E-state index contributed by atoms with van der Waals surface area (Å²) in [5, 5.41) is 12.3. The van der Waals surface area contributed by atoms with Crippen molar-refractivity contribution in [1.82, 2.24) is 24.1 Å². The maximum atomic E-state index is 5.43. The highest BCUT2D eigenvalue weighted by Gasteiger charge is 2.35. The van der Waals surface area contributed by atoms with E-state index in [0.717, 1.165) is 55.2 Å². The molecule has 3 aromatic heterocycles. The molecule has 3 heterocycles. The molecule has 0 N–H and O–H groups in total. The topological polar surface area (TPSA) is 48.5 Å². The zero-order valence-electron chi connectivity index (χ0n) is 39.1. The van der Waals surface area contributed by atoms with E-state index in [9.17, 15) is 0 Å². The molecule has 0 unspecified atom stereocenters. The summed E-state index contributed by atoms with van der Waals surface area (Å²) in [6.45, 7) is 4.63. The van der Waals surface area contributed by atoms with Gasteiger partial charge in [0.15, 0.2) is 11.6 Å². The van der Waals surface area contributed by atoms with Crippen molar-refractivity contribution < 1.29 is 0 Å². The number of nitrogens with zero attached hydrogens (tertiary/aromatic N) is 5. The molecule has 0 saturated carbocycles. The molecule has 0 spiro atoms. The quantitative estimate of drug-likeness (QED) is 0.162. The fourth-order valence-corrected chi connectivity index (χ4v) is 12.0. The van der Waals surface area contributed by atoms with Gasteiger partial charge in [-0.25, -0.2) is 4.98 Å². The van der Waals surface area contributed by atoms with Crippen LogP contribution in [0.3, 0.4) is 0 Å². The number of fused-ring (bicyclic) bond motifs is 15. The summed E-state index contributed by atoms with van der Waals surface area (Å²) in [4.78, 5) is 16.0. The lowest BCUT2D eigenvalue weighted by atomic mass is 9.82. The van der Waals surface area contributed by atoms with Crippen molar-refractivity contribution in [2.75, 3.05) is 0 Å². The fourth-order valence-electron chi connectivity index (χ4n) is 12.0. The molecule has 14 aromatic rings. The summed E-state index contributed by atoms with van der Waals surface area (Å²) in [5.41, 5.74) is 14.7. The summed E-state index contributed by atoms with van der Waals surface area (Å²) >= 11 is 0. The zero-order chi connectivity index (χ0) is 47.0. The molecule has 1 aliphatic rings. The molecule has 71 heavy (non-hydrogen) atoms. The number of hydrogen-bond donors (Lipinski definition) is 0. The second-order valence-corrected chi connectivity index (χ2v) is 19.6. The van der Waals surface area contributed by atoms with Crippen molar-refractivity contribution in [1.29, 1.82) is 0 Å². The molecule has 0 saturated heterocycles. The molecule has 0 amide bonds.